The van der Waals surface area contributed by atoms with Crippen molar-refractivity contribution in [2.24, 2.45) is 11.8 Å². The summed E-state index contributed by atoms with van der Waals surface area (Å²) in [5.41, 5.74) is 3.14. The van der Waals surface area contributed by atoms with Gasteiger partial charge in [0.25, 0.3) is 0 Å². The maximum absolute atomic E-state index is 12.6. The van der Waals surface area contributed by atoms with Gasteiger partial charge in [0, 0.05) is 17.4 Å². The molecule has 0 bridgehead atoms. The Hall–Kier alpha value is -2.89. The summed E-state index contributed by atoms with van der Waals surface area (Å²) < 4.78 is 27.7. The zero-order valence-corrected chi connectivity index (χ0v) is 15.2. The fourth-order valence-electron chi connectivity index (χ4n) is 4.64. The highest BCUT2D eigenvalue weighted by Gasteiger charge is 2.48. The van der Waals surface area contributed by atoms with Gasteiger partial charge in [-0.05, 0) is 35.7 Å². The van der Waals surface area contributed by atoms with Crippen LogP contribution in [0.4, 0.5) is 0 Å². The fraction of sp³-hybridized carbons (Fsp3) is 0.381. The number of cyclic esters (lactones) is 1. The van der Waals surface area contributed by atoms with Gasteiger partial charge in [-0.3, -0.25) is 4.79 Å². The van der Waals surface area contributed by atoms with Crippen LogP contribution in [0.2, 0.25) is 0 Å². The van der Waals surface area contributed by atoms with Gasteiger partial charge in [-0.2, -0.15) is 0 Å². The van der Waals surface area contributed by atoms with Crippen molar-refractivity contribution in [2.45, 2.75) is 12.3 Å². The zero-order chi connectivity index (χ0) is 18.5. The molecule has 0 amide bonds. The summed E-state index contributed by atoms with van der Waals surface area (Å²) in [5.74, 6) is 2.30. The van der Waals surface area contributed by atoms with Crippen LogP contribution in [0.1, 0.15) is 22.6 Å². The number of para-hydroxylation sites is 1. The second-order valence-corrected chi connectivity index (χ2v) is 7.08. The summed E-state index contributed by atoms with van der Waals surface area (Å²) in [4.78, 5) is 12.6. The van der Waals surface area contributed by atoms with Gasteiger partial charge in [-0.25, -0.2) is 0 Å². The minimum Gasteiger partial charge on any atom is -0.493 e. The Bertz CT molecular complexity index is 921. The third-order valence-corrected chi connectivity index (χ3v) is 5.80. The summed E-state index contributed by atoms with van der Waals surface area (Å²) in [6.45, 7) is 0.667. The fourth-order valence-corrected chi connectivity index (χ4v) is 4.64. The summed E-state index contributed by atoms with van der Waals surface area (Å²) in [7, 11) is 3.23. The second-order valence-electron chi connectivity index (χ2n) is 7.08. The molecule has 5 rings (SSSR count). The zero-order valence-electron chi connectivity index (χ0n) is 15.2. The number of carbonyl (C=O) groups excluding carboxylic acids is 1. The molecule has 6 nitrogen and oxygen atoms in total. The van der Waals surface area contributed by atoms with Crippen LogP contribution >= 0.6 is 0 Å². The lowest BCUT2D eigenvalue weighted by atomic mass is 9.67. The first-order chi connectivity index (χ1) is 13.2. The monoisotopic (exact) mass is 368 g/mol. The summed E-state index contributed by atoms with van der Waals surface area (Å²) >= 11 is 0. The van der Waals surface area contributed by atoms with Crippen molar-refractivity contribution in [1.82, 2.24) is 0 Å². The Morgan fingerprint density at radius 1 is 1.00 bits per heavy atom. The van der Waals surface area contributed by atoms with E-state index in [4.69, 9.17) is 23.7 Å². The molecule has 1 saturated heterocycles. The molecule has 3 atom stereocenters. The number of hydrogen-bond acceptors (Lipinski definition) is 6. The molecule has 0 spiro atoms. The van der Waals surface area contributed by atoms with Crippen molar-refractivity contribution in [3.8, 4) is 23.0 Å². The first-order valence-electron chi connectivity index (χ1n) is 9.01. The summed E-state index contributed by atoms with van der Waals surface area (Å²) in [5, 5.41) is 0. The number of ether oxygens (including phenoxy) is 5. The Kier molecular flexibility index (Phi) is 3.67. The molecule has 2 aliphatic heterocycles. The topological polar surface area (TPSA) is 63.2 Å². The highest BCUT2D eigenvalue weighted by molar-refractivity contribution is 5.79. The lowest BCUT2D eigenvalue weighted by Gasteiger charge is -2.34. The van der Waals surface area contributed by atoms with Crippen LogP contribution in [0.5, 0.6) is 23.0 Å². The van der Waals surface area contributed by atoms with E-state index in [9.17, 15) is 4.79 Å². The maximum atomic E-state index is 12.6. The standard InChI is InChI=1S/C21H20O6/c1-23-15-5-3-4-13(20(15)24-2)19-14-8-17-16(26-10-27-17)7-11(14)6-12-9-25-21(22)18(12)19/h3-5,7-8,12,18-19H,6,9-10H2,1-2H3/t12-,18-,19-/m0/s1. The van der Waals surface area contributed by atoms with E-state index in [1.165, 1.54) is 0 Å². The number of benzene rings is 2. The number of carbonyl (C=O) groups is 1. The molecule has 2 aromatic rings. The van der Waals surface area contributed by atoms with E-state index in [1.54, 1.807) is 14.2 Å². The van der Waals surface area contributed by atoms with Gasteiger partial charge in [-0.15, -0.1) is 0 Å². The third-order valence-electron chi connectivity index (χ3n) is 5.80. The van der Waals surface area contributed by atoms with Crippen molar-refractivity contribution >= 4 is 5.97 Å². The number of hydrogen-bond donors (Lipinski definition) is 0. The van der Waals surface area contributed by atoms with E-state index in [0.717, 1.165) is 28.9 Å². The lowest BCUT2D eigenvalue weighted by molar-refractivity contribution is -0.141. The Labute approximate surface area is 156 Å². The minimum atomic E-state index is -0.251. The molecular formula is C21H20O6. The van der Waals surface area contributed by atoms with E-state index >= 15 is 0 Å². The van der Waals surface area contributed by atoms with Crippen molar-refractivity contribution < 1.29 is 28.5 Å². The molecule has 1 aliphatic carbocycles. The van der Waals surface area contributed by atoms with Crippen LogP contribution in [-0.4, -0.2) is 33.6 Å². The first-order valence-corrected chi connectivity index (χ1v) is 9.01. The van der Waals surface area contributed by atoms with Crippen LogP contribution in [-0.2, 0) is 16.0 Å². The molecule has 0 N–H and O–H groups in total. The number of fused-ring (bicyclic) bond motifs is 3. The van der Waals surface area contributed by atoms with Crippen molar-refractivity contribution in [2.75, 3.05) is 27.6 Å². The predicted molar refractivity (Wildman–Crippen MR) is 95.6 cm³/mol. The Balaban J connectivity index is 1.74. The van der Waals surface area contributed by atoms with E-state index in [2.05, 4.69) is 0 Å². The molecule has 2 heterocycles. The predicted octanol–water partition coefficient (Wildman–Crippen LogP) is 2.91. The molecule has 6 heteroatoms. The van der Waals surface area contributed by atoms with Crippen LogP contribution in [0.15, 0.2) is 30.3 Å². The number of methoxy groups -OCH3 is 2. The highest BCUT2D eigenvalue weighted by Crippen LogP contribution is 2.52. The molecule has 3 aliphatic rings. The molecule has 2 aromatic carbocycles. The third kappa shape index (κ3) is 2.36. The number of rotatable bonds is 3. The van der Waals surface area contributed by atoms with Gasteiger partial charge in [0.15, 0.2) is 23.0 Å². The van der Waals surface area contributed by atoms with Gasteiger partial charge < -0.3 is 23.7 Å². The van der Waals surface area contributed by atoms with Gasteiger partial charge in [-0.1, -0.05) is 12.1 Å². The molecule has 140 valence electrons. The van der Waals surface area contributed by atoms with Crippen molar-refractivity contribution in [1.29, 1.82) is 0 Å². The van der Waals surface area contributed by atoms with Crippen LogP contribution in [0.3, 0.4) is 0 Å². The Morgan fingerprint density at radius 3 is 2.59 bits per heavy atom. The first kappa shape index (κ1) is 16.3. The van der Waals surface area contributed by atoms with Gasteiger partial charge in [0.1, 0.15) is 0 Å². The minimum absolute atomic E-state index is 0.131. The molecular weight excluding hydrogens is 348 g/mol. The van der Waals surface area contributed by atoms with Gasteiger partial charge in [0.2, 0.25) is 6.79 Å². The largest absolute Gasteiger partial charge is 0.493 e. The van der Waals surface area contributed by atoms with E-state index in [0.29, 0.717) is 23.9 Å². The van der Waals surface area contributed by atoms with E-state index in [-0.39, 0.29) is 30.5 Å². The molecule has 0 saturated carbocycles. The average molecular weight is 368 g/mol. The molecule has 0 radical (unpaired) electrons. The smallest absolute Gasteiger partial charge is 0.310 e. The molecule has 0 aromatic heterocycles. The number of esters is 1. The van der Waals surface area contributed by atoms with Crippen LogP contribution < -0.4 is 18.9 Å². The van der Waals surface area contributed by atoms with Crippen molar-refractivity contribution in [3.05, 3.63) is 47.0 Å². The van der Waals surface area contributed by atoms with E-state index < -0.39 is 0 Å². The normalized spacial score (nSPS) is 24.8. The SMILES string of the molecule is COc1cccc([C@H]2c3cc4c(cc3C[C@H]3COC(=O)[C@@H]32)OCO4)c1OC. The quantitative estimate of drug-likeness (QED) is 0.777. The van der Waals surface area contributed by atoms with E-state index in [1.807, 2.05) is 30.3 Å². The van der Waals surface area contributed by atoms with Crippen LogP contribution in [0, 0.1) is 11.8 Å². The summed E-state index contributed by atoms with van der Waals surface area (Å²) in [6, 6.07) is 9.82. The van der Waals surface area contributed by atoms with Gasteiger partial charge >= 0.3 is 5.97 Å². The molecule has 27 heavy (non-hydrogen) atoms. The molecule has 0 unspecified atom stereocenters. The van der Waals surface area contributed by atoms with Crippen molar-refractivity contribution in [3.63, 3.8) is 0 Å². The lowest BCUT2D eigenvalue weighted by Crippen LogP contribution is -2.31. The second kappa shape index (κ2) is 6.08. The molecule has 1 fully saturated rings. The van der Waals surface area contributed by atoms with Gasteiger partial charge in [0.05, 0.1) is 26.7 Å². The highest BCUT2D eigenvalue weighted by atomic mass is 16.7. The van der Waals surface area contributed by atoms with Crippen LogP contribution in [0.25, 0.3) is 0 Å². The summed E-state index contributed by atoms with van der Waals surface area (Å²) in [6.07, 6.45) is 0.783. The Morgan fingerprint density at radius 2 is 1.81 bits per heavy atom. The maximum Gasteiger partial charge on any atom is 0.310 e. The average Bonchev–Trinajstić information content (AvgIpc) is 3.30.